The molecule has 0 amide bonds. The van der Waals surface area contributed by atoms with E-state index in [2.05, 4.69) is 35.2 Å². The first-order valence-corrected chi connectivity index (χ1v) is 9.59. The zero-order valence-corrected chi connectivity index (χ0v) is 16.5. The maximum Gasteiger partial charge on any atom is 0.135 e. The molecule has 3 aromatic carbocycles. The number of anilines is 1. The van der Waals surface area contributed by atoms with Crippen LogP contribution < -0.4 is 4.90 Å². The molecule has 0 saturated carbocycles. The molecule has 4 aromatic rings. The summed E-state index contributed by atoms with van der Waals surface area (Å²) in [6, 6.07) is 32.6. The Morgan fingerprint density at radius 3 is 2.00 bits per heavy atom. The van der Waals surface area contributed by atoms with Crippen LogP contribution in [0.4, 0.5) is 5.69 Å². The second kappa shape index (κ2) is 8.08. The van der Waals surface area contributed by atoms with Gasteiger partial charge in [-0.1, -0.05) is 72.8 Å². The highest BCUT2D eigenvalue weighted by atomic mass is 16.3. The molecule has 0 aliphatic heterocycles. The third-order valence-corrected chi connectivity index (χ3v) is 5.04. The van der Waals surface area contributed by atoms with E-state index in [4.69, 9.17) is 4.42 Å². The van der Waals surface area contributed by atoms with Crippen LogP contribution in [0.15, 0.2) is 95.4 Å². The van der Waals surface area contributed by atoms with Gasteiger partial charge in [0.05, 0.1) is 6.07 Å². The zero-order chi connectivity index (χ0) is 20.2. The van der Waals surface area contributed by atoms with Gasteiger partial charge in [0, 0.05) is 30.9 Å². The van der Waals surface area contributed by atoms with E-state index in [1.54, 1.807) is 0 Å². The van der Waals surface area contributed by atoms with Gasteiger partial charge in [0.1, 0.15) is 17.4 Å². The molecule has 142 valence electrons. The summed E-state index contributed by atoms with van der Waals surface area (Å²) in [6.07, 6.45) is 0. The topological polar surface area (TPSA) is 40.2 Å². The first kappa shape index (κ1) is 18.6. The minimum atomic E-state index is -0.475. The summed E-state index contributed by atoms with van der Waals surface area (Å²) in [5.74, 6) is 0.968. The van der Waals surface area contributed by atoms with Crippen LogP contribution in [-0.4, -0.2) is 14.1 Å². The summed E-state index contributed by atoms with van der Waals surface area (Å²) in [6.45, 7) is 0. The molecule has 1 unspecified atom stereocenters. The number of nitriles is 1. The normalized spacial score (nSPS) is 11.6. The number of nitrogens with zero attached hydrogens (tertiary/aromatic N) is 2. The maximum absolute atomic E-state index is 9.98. The Hall–Kier alpha value is -3.77. The summed E-state index contributed by atoms with van der Waals surface area (Å²) in [5.41, 5.74) is 5.03. The van der Waals surface area contributed by atoms with Gasteiger partial charge in [-0.25, -0.2) is 0 Å². The van der Waals surface area contributed by atoms with Crippen LogP contribution in [0.1, 0.15) is 17.2 Å². The molecular weight excluding hydrogens is 356 g/mol. The minimum Gasteiger partial charge on any atom is -0.459 e. The molecule has 0 saturated heterocycles. The number of furan rings is 1. The molecule has 3 heteroatoms. The molecule has 29 heavy (non-hydrogen) atoms. The van der Waals surface area contributed by atoms with Crippen molar-refractivity contribution in [3.63, 3.8) is 0 Å². The van der Waals surface area contributed by atoms with Crippen LogP contribution in [0.25, 0.3) is 22.5 Å². The third-order valence-electron chi connectivity index (χ3n) is 5.04. The molecule has 1 atom stereocenters. The SMILES string of the molecule is CN(C)c1ccc(-c2cc(-c3ccccc3)oc2C(C#N)c2ccccc2)cc1. The molecule has 0 aliphatic carbocycles. The standard InChI is InChI=1S/C26H22N2O/c1-28(2)22-15-13-20(14-16-22)23-17-25(21-11-7-4-8-12-21)29-26(23)24(18-27)19-9-5-3-6-10-19/h3-17,24H,1-2H3. The van der Waals surface area contributed by atoms with Gasteiger partial charge in [-0.2, -0.15) is 5.26 Å². The second-order valence-corrected chi connectivity index (χ2v) is 7.17. The van der Waals surface area contributed by atoms with Gasteiger partial charge < -0.3 is 9.32 Å². The molecule has 0 N–H and O–H groups in total. The third kappa shape index (κ3) is 3.79. The number of rotatable bonds is 5. The van der Waals surface area contributed by atoms with Gasteiger partial charge >= 0.3 is 0 Å². The highest BCUT2D eigenvalue weighted by Gasteiger charge is 2.24. The Labute approximate surface area is 171 Å². The number of hydrogen-bond acceptors (Lipinski definition) is 3. The van der Waals surface area contributed by atoms with Crippen molar-refractivity contribution in [3.8, 4) is 28.5 Å². The van der Waals surface area contributed by atoms with Gasteiger partial charge in [0.25, 0.3) is 0 Å². The highest BCUT2D eigenvalue weighted by molar-refractivity contribution is 5.75. The largest absolute Gasteiger partial charge is 0.459 e. The Morgan fingerprint density at radius 1 is 0.793 bits per heavy atom. The highest BCUT2D eigenvalue weighted by Crippen LogP contribution is 2.39. The van der Waals surface area contributed by atoms with Crippen molar-refractivity contribution in [2.24, 2.45) is 0 Å². The predicted molar refractivity (Wildman–Crippen MR) is 118 cm³/mol. The van der Waals surface area contributed by atoms with Crippen LogP contribution >= 0.6 is 0 Å². The lowest BCUT2D eigenvalue weighted by molar-refractivity contribution is 0.523. The fourth-order valence-corrected chi connectivity index (χ4v) is 3.46. The van der Waals surface area contributed by atoms with E-state index >= 15 is 0 Å². The van der Waals surface area contributed by atoms with E-state index in [1.165, 1.54) is 0 Å². The first-order chi connectivity index (χ1) is 14.2. The van der Waals surface area contributed by atoms with Crippen LogP contribution in [-0.2, 0) is 0 Å². The quantitative estimate of drug-likeness (QED) is 0.407. The van der Waals surface area contributed by atoms with Crippen LogP contribution in [0.2, 0.25) is 0 Å². The molecule has 0 fully saturated rings. The number of hydrogen-bond donors (Lipinski definition) is 0. The van der Waals surface area contributed by atoms with Gasteiger partial charge in [-0.15, -0.1) is 0 Å². The summed E-state index contributed by atoms with van der Waals surface area (Å²) in [7, 11) is 4.04. The van der Waals surface area contributed by atoms with Gasteiger partial charge in [-0.3, -0.25) is 0 Å². The Bertz CT molecular complexity index is 1120. The van der Waals surface area contributed by atoms with Crippen molar-refractivity contribution in [2.45, 2.75) is 5.92 Å². The van der Waals surface area contributed by atoms with E-state index in [-0.39, 0.29) is 0 Å². The lowest BCUT2D eigenvalue weighted by Crippen LogP contribution is -2.08. The maximum atomic E-state index is 9.98. The van der Waals surface area contributed by atoms with Crippen LogP contribution in [0, 0.1) is 11.3 Å². The van der Waals surface area contributed by atoms with Crippen molar-refractivity contribution in [1.29, 1.82) is 5.26 Å². The second-order valence-electron chi connectivity index (χ2n) is 7.17. The van der Waals surface area contributed by atoms with E-state index in [1.807, 2.05) is 80.8 Å². The summed E-state index contributed by atoms with van der Waals surface area (Å²) in [5, 5.41) is 9.98. The lowest BCUT2D eigenvalue weighted by Gasteiger charge is -2.13. The van der Waals surface area contributed by atoms with Crippen molar-refractivity contribution in [3.05, 3.63) is 102 Å². The van der Waals surface area contributed by atoms with E-state index in [0.717, 1.165) is 33.7 Å². The molecular formula is C26H22N2O. The molecule has 0 aliphatic rings. The Morgan fingerprint density at radius 2 is 1.41 bits per heavy atom. The van der Waals surface area contributed by atoms with Gasteiger partial charge in [0.2, 0.25) is 0 Å². The average Bonchev–Trinajstić information content (AvgIpc) is 3.21. The number of benzene rings is 3. The zero-order valence-electron chi connectivity index (χ0n) is 16.5. The molecule has 4 rings (SSSR count). The fourth-order valence-electron chi connectivity index (χ4n) is 3.46. The fraction of sp³-hybridized carbons (Fsp3) is 0.115. The van der Waals surface area contributed by atoms with E-state index in [9.17, 15) is 5.26 Å². The summed E-state index contributed by atoms with van der Waals surface area (Å²) in [4.78, 5) is 2.07. The smallest absolute Gasteiger partial charge is 0.135 e. The van der Waals surface area contributed by atoms with Crippen LogP contribution in [0.5, 0.6) is 0 Å². The minimum absolute atomic E-state index is 0.475. The predicted octanol–water partition coefficient (Wildman–Crippen LogP) is 6.34. The Kier molecular flexibility index (Phi) is 5.18. The van der Waals surface area contributed by atoms with Crippen molar-refractivity contribution < 1.29 is 4.42 Å². The van der Waals surface area contributed by atoms with Crippen molar-refractivity contribution in [2.75, 3.05) is 19.0 Å². The molecule has 1 aromatic heterocycles. The van der Waals surface area contributed by atoms with Crippen molar-refractivity contribution >= 4 is 5.69 Å². The first-order valence-electron chi connectivity index (χ1n) is 9.59. The summed E-state index contributed by atoms with van der Waals surface area (Å²) < 4.78 is 6.31. The van der Waals surface area contributed by atoms with E-state index in [0.29, 0.717) is 5.76 Å². The molecule has 0 bridgehead atoms. The molecule has 3 nitrogen and oxygen atoms in total. The van der Waals surface area contributed by atoms with Crippen molar-refractivity contribution in [1.82, 2.24) is 0 Å². The lowest BCUT2D eigenvalue weighted by atomic mass is 9.93. The van der Waals surface area contributed by atoms with Crippen LogP contribution in [0.3, 0.4) is 0 Å². The summed E-state index contributed by atoms with van der Waals surface area (Å²) >= 11 is 0. The monoisotopic (exact) mass is 378 g/mol. The molecule has 1 heterocycles. The Balaban J connectivity index is 1.86. The molecule has 0 radical (unpaired) electrons. The van der Waals surface area contributed by atoms with Gasteiger partial charge in [0.15, 0.2) is 0 Å². The average molecular weight is 378 g/mol. The molecule has 0 spiro atoms. The van der Waals surface area contributed by atoms with E-state index < -0.39 is 5.92 Å². The van der Waals surface area contributed by atoms with Gasteiger partial charge in [-0.05, 0) is 29.3 Å².